The molecule has 3 N–H and O–H groups in total. The Labute approximate surface area is 539 Å². The number of esters is 1. The zero-order valence-electron chi connectivity index (χ0n) is 58.6. The van der Waals surface area contributed by atoms with Crippen LogP contribution in [-0.4, -0.2) is 47.4 Å². The fraction of sp³-hybridized carbons (Fsp3) is 0.925. The second kappa shape index (κ2) is 75.8. The summed E-state index contributed by atoms with van der Waals surface area (Å²) >= 11 is 0. The number of carbonyl (C=O) groups is 2. The maximum absolute atomic E-state index is 12.5. The first-order valence-electron chi connectivity index (χ1n) is 39.6. The molecule has 6 heteroatoms. The maximum atomic E-state index is 12.5. The van der Waals surface area contributed by atoms with Crippen molar-refractivity contribution in [2.24, 2.45) is 0 Å². The number of aliphatic hydroxyl groups is 2. The monoisotopic (exact) mass is 1210 g/mol. The molecule has 0 fully saturated rings. The Morgan fingerprint density at radius 2 is 0.547 bits per heavy atom. The molecule has 1 amide bonds. The summed E-state index contributed by atoms with van der Waals surface area (Å²) < 4.78 is 5.52. The summed E-state index contributed by atoms with van der Waals surface area (Å²) in [5.74, 6) is -0.0376. The van der Waals surface area contributed by atoms with E-state index in [9.17, 15) is 19.8 Å². The maximum Gasteiger partial charge on any atom is 0.305 e. The number of carbonyl (C=O) groups excluding carboxylic acids is 2. The quantitative estimate of drug-likeness (QED) is 0.0320. The lowest BCUT2D eigenvalue weighted by Crippen LogP contribution is -2.45. The molecule has 6 nitrogen and oxygen atoms in total. The van der Waals surface area contributed by atoms with Crippen molar-refractivity contribution in [1.29, 1.82) is 0 Å². The predicted molar refractivity (Wildman–Crippen MR) is 380 cm³/mol. The van der Waals surface area contributed by atoms with Gasteiger partial charge in [0.15, 0.2) is 0 Å². The Kier molecular flexibility index (Phi) is 74.3. The molecule has 0 aromatic rings. The lowest BCUT2D eigenvalue weighted by Gasteiger charge is -2.20. The summed E-state index contributed by atoms with van der Waals surface area (Å²) in [6, 6.07) is -0.626. The van der Waals surface area contributed by atoms with Crippen LogP contribution in [0.2, 0.25) is 0 Å². The highest BCUT2D eigenvalue weighted by Gasteiger charge is 2.18. The van der Waals surface area contributed by atoms with Gasteiger partial charge in [0.1, 0.15) is 0 Å². The molecule has 0 heterocycles. The van der Waals surface area contributed by atoms with Gasteiger partial charge in [-0.1, -0.05) is 404 Å². The first-order chi connectivity index (χ1) is 42.5. The zero-order chi connectivity index (χ0) is 62.0. The van der Waals surface area contributed by atoms with Gasteiger partial charge in [-0.2, -0.15) is 0 Å². The molecule has 86 heavy (non-hydrogen) atoms. The normalized spacial score (nSPS) is 12.6. The van der Waals surface area contributed by atoms with E-state index in [2.05, 4.69) is 31.3 Å². The molecule has 0 saturated heterocycles. The van der Waals surface area contributed by atoms with Crippen LogP contribution in [0.25, 0.3) is 0 Å². The minimum Gasteiger partial charge on any atom is -0.466 e. The van der Waals surface area contributed by atoms with E-state index in [0.29, 0.717) is 19.4 Å². The molecule has 0 aliphatic rings. The number of hydrogen-bond acceptors (Lipinski definition) is 5. The minimum atomic E-state index is -0.843. The topological polar surface area (TPSA) is 95.9 Å². The molecule has 0 aromatic heterocycles. The van der Waals surface area contributed by atoms with E-state index in [0.717, 1.165) is 38.5 Å². The standard InChI is InChI=1S/C80H155NO5/c1-3-5-7-9-11-13-15-17-19-21-37-40-44-48-52-56-60-64-68-72-78(83)77(76-82)81-79(84)73-69-65-61-57-53-49-45-41-38-35-33-31-29-27-25-23-24-26-28-30-32-34-36-39-43-47-51-55-59-63-67-71-75-86-80(85)74-70-66-62-58-54-50-46-42-22-20-18-16-14-12-10-8-6-4-2/h26,28,68,72,77-78,82-83H,3-25,27,29-67,69-71,73-76H2,1-2H3,(H,81,84)/b28-26-,72-68+. The summed E-state index contributed by atoms with van der Waals surface area (Å²) in [6.45, 7) is 4.96. The number of nitrogens with one attached hydrogen (secondary N) is 1. The van der Waals surface area contributed by atoms with Gasteiger partial charge >= 0.3 is 5.97 Å². The number of aliphatic hydroxyl groups excluding tert-OH is 2. The number of allylic oxidation sites excluding steroid dienone is 3. The third kappa shape index (κ3) is 71.4. The molecule has 0 saturated carbocycles. The molecule has 2 atom stereocenters. The van der Waals surface area contributed by atoms with Crippen molar-refractivity contribution in [2.45, 2.75) is 463 Å². The lowest BCUT2D eigenvalue weighted by atomic mass is 10.0. The van der Waals surface area contributed by atoms with Gasteiger partial charge in [-0.3, -0.25) is 9.59 Å². The summed E-state index contributed by atoms with van der Waals surface area (Å²) in [4.78, 5) is 24.7. The van der Waals surface area contributed by atoms with E-state index >= 15 is 0 Å². The fourth-order valence-corrected chi connectivity index (χ4v) is 12.7. The van der Waals surface area contributed by atoms with Crippen molar-refractivity contribution < 1.29 is 24.5 Å². The van der Waals surface area contributed by atoms with Gasteiger partial charge < -0.3 is 20.3 Å². The number of ether oxygens (including phenoxy) is 1. The van der Waals surface area contributed by atoms with E-state index in [1.165, 1.54) is 385 Å². The van der Waals surface area contributed by atoms with Gasteiger partial charge in [0.05, 0.1) is 25.4 Å². The van der Waals surface area contributed by atoms with Crippen molar-refractivity contribution in [3.8, 4) is 0 Å². The average Bonchev–Trinajstić information content (AvgIpc) is 3.54. The number of amides is 1. The van der Waals surface area contributed by atoms with Crippen LogP contribution >= 0.6 is 0 Å². The summed E-state index contributed by atoms with van der Waals surface area (Å²) in [5.41, 5.74) is 0. The molecule has 510 valence electrons. The number of hydrogen-bond donors (Lipinski definition) is 3. The third-order valence-electron chi connectivity index (χ3n) is 18.7. The first kappa shape index (κ1) is 84.3. The molecule has 0 aliphatic carbocycles. The molecule has 0 spiro atoms. The molecule has 2 unspecified atom stereocenters. The Balaban J connectivity index is 3.35. The van der Waals surface area contributed by atoms with Gasteiger partial charge in [-0.05, 0) is 57.8 Å². The molecule has 0 rings (SSSR count). The predicted octanol–water partition coefficient (Wildman–Crippen LogP) is 26.0. The van der Waals surface area contributed by atoms with Gasteiger partial charge in [-0.15, -0.1) is 0 Å². The van der Waals surface area contributed by atoms with Crippen molar-refractivity contribution in [2.75, 3.05) is 13.2 Å². The van der Waals surface area contributed by atoms with Crippen LogP contribution in [-0.2, 0) is 14.3 Å². The number of rotatable bonds is 75. The Morgan fingerprint density at radius 1 is 0.314 bits per heavy atom. The second-order valence-electron chi connectivity index (χ2n) is 27.4. The first-order valence-corrected chi connectivity index (χ1v) is 39.6. The lowest BCUT2D eigenvalue weighted by molar-refractivity contribution is -0.143. The van der Waals surface area contributed by atoms with Crippen LogP contribution in [0.5, 0.6) is 0 Å². The highest BCUT2D eigenvalue weighted by Crippen LogP contribution is 2.20. The Bertz CT molecular complexity index is 1350. The van der Waals surface area contributed by atoms with Crippen molar-refractivity contribution >= 4 is 11.9 Å². The average molecular weight is 1210 g/mol. The smallest absolute Gasteiger partial charge is 0.305 e. The Morgan fingerprint density at radius 3 is 0.826 bits per heavy atom. The summed E-state index contributed by atoms with van der Waals surface area (Å²) in [5, 5.41) is 23.3. The van der Waals surface area contributed by atoms with Crippen molar-refractivity contribution in [3.63, 3.8) is 0 Å². The molecule has 0 aromatic carbocycles. The molecular weight excluding hydrogens is 1050 g/mol. The highest BCUT2D eigenvalue weighted by atomic mass is 16.5. The van der Waals surface area contributed by atoms with Crippen LogP contribution in [0.15, 0.2) is 24.3 Å². The molecular formula is C80H155NO5. The molecule has 0 radical (unpaired) electrons. The van der Waals surface area contributed by atoms with Crippen LogP contribution in [0.3, 0.4) is 0 Å². The Hall–Kier alpha value is -1.66. The van der Waals surface area contributed by atoms with E-state index in [-0.39, 0.29) is 18.5 Å². The largest absolute Gasteiger partial charge is 0.466 e. The van der Waals surface area contributed by atoms with Crippen molar-refractivity contribution in [1.82, 2.24) is 5.32 Å². The zero-order valence-corrected chi connectivity index (χ0v) is 58.6. The van der Waals surface area contributed by atoms with Gasteiger partial charge in [-0.25, -0.2) is 0 Å². The van der Waals surface area contributed by atoms with Crippen molar-refractivity contribution in [3.05, 3.63) is 24.3 Å². The van der Waals surface area contributed by atoms with Crippen LogP contribution < -0.4 is 5.32 Å². The molecule has 0 aliphatic heterocycles. The number of unbranched alkanes of at least 4 members (excludes halogenated alkanes) is 62. The molecule has 0 bridgehead atoms. The summed E-state index contributed by atoms with van der Waals surface area (Å²) in [6.07, 6.45) is 97.3. The third-order valence-corrected chi connectivity index (χ3v) is 18.7. The van der Waals surface area contributed by atoms with Crippen LogP contribution in [0, 0.1) is 0 Å². The SMILES string of the molecule is CCCCCCCCCCCCCCCCCCC/C=C/C(O)C(CO)NC(=O)CCCCCCCCCCCCCCCCCC/C=C\CCCCCCCCCCCCCCOC(=O)CCCCCCCCCCCCCCCCCCCC. The summed E-state index contributed by atoms with van der Waals surface area (Å²) in [7, 11) is 0. The highest BCUT2D eigenvalue weighted by molar-refractivity contribution is 5.76. The van der Waals surface area contributed by atoms with E-state index in [1.807, 2.05) is 6.08 Å². The van der Waals surface area contributed by atoms with Crippen LogP contribution in [0.1, 0.15) is 450 Å². The minimum absolute atomic E-state index is 0.0234. The van der Waals surface area contributed by atoms with Gasteiger partial charge in [0.2, 0.25) is 5.91 Å². The van der Waals surface area contributed by atoms with Gasteiger partial charge in [0, 0.05) is 12.8 Å². The van der Waals surface area contributed by atoms with Crippen LogP contribution in [0.4, 0.5) is 0 Å². The van der Waals surface area contributed by atoms with E-state index in [1.54, 1.807) is 6.08 Å². The fourth-order valence-electron chi connectivity index (χ4n) is 12.7. The van der Waals surface area contributed by atoms with Gasteiger partial charge in [0.25, 0.3) is 0 Å². The second-order valence-corrected chi connectivity index (χ2v) is 27.4. The van der Waals surface area contributed by atoms with E-state index < -0.39 is 12.1 Å². The van der Waals surface area contributed by atoms with E-state index in [4.69, 9.17) is 4.74 Å².